The first-order valence-electron chi connectivity index (χ1n) is 8.00. The van der Waals surface area contributed by atoms with E-state index in [9.17, 15) is 9.59 Å². The van der Waals surface area contributed by atoms with Crippen molar-refractivity contribution < 1.29 is 4.79 Å². The average Bonchev–Trinajstić information content (AvgIpc) is 3.09. The predicted molar refractivity (Wildman–Crippen MR) is 84.1 cm³/mol. The first-order chi connectivity index (χ1) is 10.7. The maximum absolute atomic E-state index is 12.4. The fourth-order valence-electron chi connectivity index (χ4n) is 3.10. The van der Waals surface area contributed by atoms with Crippen molar-refractivity contribution in [3.05, 3.63) is 22.6 Å². The molecule has 0 spiro atoms. The maximum Gasteiger partial charge on any atom is 0.269 e. The van der Waals surface area contributed by atoms with Crippen molar-refractivity contribution in [2.45, 2.75) is 25.8 Å². The van der Waals surface area contributed by atoms with Crippen molar-refractivity contribution in [2.24, 2.45) is 0 Å². The summed E-state index contributed by atoms with van der Waals surface area (Å²) in [7, 11) is 0. The highest BCUT2D eigenvalue weighted by molar-refractivity contribution is 5.80. The minimum atomic E-state index is -0.539. The monoisotopic (exact) mass is 305 g/mol. The van der Waals surface area contributed by atoms with Gasteiger partial charge in [0, 0.05) is 45.3 Å². The Kier molecular flexibility index (Phi) is 4.42. The lowest BCUT2D eigenvalue weighted by atomic mass is 10.3. The van der Waals surface area contributed by atoms with Crippen LogP contribution in [0.5, 0.6) is 0 Å². The van der Waals surface area contributed by atoms with E-state index in [1.165, 1.54) is 4.68 Å². The van der Waals surface area contributed by atoms with Gasteiger partial charge in [-0.3, -0.25) is 9.59 Å². The van der Waals surface area contributed by atoms with Gasteiger partial charge >= 0.3 is 0 Å². The van der Waals surface area contributed by atoms with Gasteiger partial charge in [0.25, 0.3) is 5.56 Å². The Morgan fingerprint density at radius 1 is 1.23 bits per heavy atom. The molecule has 1 amide bonds. The summed E-state index contributed by atoms with van der Waals surface area (Å²) >= 11 is 0. The summed E-state index contributed by atoms with van der Waals surface area (Å²) in [5.41, 5.74) is 0.625. The van der Waals surface area contributed by atoms with Crippen LogP contribution in [0.15, 0.2) is 17.1 Å². The molecule has 22 heavy (non-hydrogen) atoms. The topological polar surface area (TPSA) is 70.5 Å². The molecule has 0 aliphatic carbocycles. The number of rotatable bonds is 3. The molecule has 120 valence electrons. The first kappa shape index (κ1) is 15.0. The SMILES string of the molecule is C[C@@H](C(=O)N1CCCC1)n1ncc(N2CCNCC2)cc1=O. The highest BCUT2D eigenvalue weighted by Crippen LogP contribution is 2.15. The van der Waals surface area contributed by atoms with Gasteiger partial charge in [0.05, 0.1) is 11.9 Å². The number of anilines is 1. The van der Waals surface area contributed by atoms with Gasteiger partial charge in [0.15, 0.2) is 0 Å². The van der Waals surface area contributed by atoms with Gasteiger partial charge in [-0.2, -0.15) is 5.10 Å². The molecule has 1 aromatic heterocycles. The van der Waals surface area contributed by atoms with Gasteiger partial charge in [-0.15, -0.1) is 0 Å². The number of carbonyl (C=O) groups excluding carboxylic acids is 1. The molecule has 2 aliphatic heterocycles. The number of piperazine rings is 1. The number of nitrogens with zero attached hydrogens (tertiary/aromatic N) is 4. The Hall–Kier alpha value is -1.89. The van der Waals surface area contributed by atoms with Crippen LogP contribution in [-0.4, -0.2) is 59.9 Å². The zero-order valence-electron chi connectivity index (χ0n) is 13.0. The Morgan fingerprint density at radius 3 is 2.55 bits per heavy atom. The van der Waals surface area contributed by atoms with Crippen molar-refractivity contribution >= 4 is 11.6 Å². The van der Waals surface area contributed by atoms with Crippen molar-refractivity contribution in [1.82, 2.24) is 20.0 Å². The molecule has 2 fully saturated rings. The molecule has 0 saturated carbocycles. The minimum Gasteiger partial charge on any atom is -0.368 e. The normalized spacial score (nSPS) is 20.2. The van der Waals surface area contributed by atoms with E-state index < -0.39 is 6.04 Å². The molecule has 2 aliphatic rings. The highest BCUT2D eigenvalue weighted by Gasteiger charge is 2.26. The molecule has 1 aromatic rings. The molecular weight excluding hydrogens is 282 g/mol. The Morgan fingerprint density at radius 2 is 1.91 bits per heavy atom. The number of likely N-dealkylation sites (tertiary alicyclic amines) is 1. The van der Waals surface area contributed by atoms with E-state index in [4.69, 9.17) is 0 Å². The summed E-state index contributed by atoms with van der Waals surface area (Å²) in [5, 5.41) is 7.52. The van der Waals surface area contributed by atoms with E-state index in [0.29, 0.717) is 0 Å². The highest BCUT2D eigenvalue weighted by atomic mass is 16.2. The van der Waals surface area contributed by atoms with E-state index in [1.54, 1.807) is 19.2 Å². The fourth-order valence-corrected chi connectivity index (χ4v) is 3.10. The number of hydrogen-bond acceptors (Lipinski definition) is 5. The molecule has 3 rings (SSSR count). The van der Waals surface area contributed by atoms with Gasteiger partial charge < -0.3 is 15.1 Å². The quantitative estimate of drug-likeness (QED) is 0.840. The lowest BCUT2D eigenvalue weighted by Crippen LogP contribution is -2.44. The molecule has 0 unspecified atom stereocenters. The lowest BCUT2D eigenvalue weighted by molar-refractivity contribution is -0.133. The standard InChI is InChI=1S/C15H23N5O2/c1-12(15(22)19-6-2-3-7-19)20-14(21)10-13(11-17-20)18-8-4-16-5-9-18/h10-12,16H,2-9H2,1H3/t12-/m0/s1. The van der Waals surface area contributed by atoms with Gasteiger partial charge in [0.2, 0.25) is 5.91 Å². The summed E-state index contributed by atoms with van der Waals surface area (Å²) in [6.45, 7) is 6.88. The van der Waals surface area contributed by atoms with Gasteiger partial charge in [0.1, 0.15) is 6.04 Å². The second-order valence-electron chi connectivity index (χ2n) is 5.94. The molecule has 0 radical (unpaired) electrons. The zero-order valence-corrected chi connectivity index (χ0v) is 13.0. The first-order valence-corrected chi connectivity index (χ1v) is 8.00. The number of nitrogens with one attached hydrogen (secondary N) is 1. The molecule has 3 heterocycles. The van der Waals surface area contributed by atoms with Crippen LogP contribution in [0.25, 0.3) is 0 Å². The van der Waals surface area contributed by atoms with Crippen molar-refractivity contribution in [2.75, 3.05) is 44.2 Å². The largest absolute Gasteiger partial charge is 0.368 e. The minimum absolute atomic E-state index is 0.0120. The molecule has 1 N–H and O–H groups in total. The second kappa shape index (κ2) is 6.48. The van der Waals surface area contributed by atoms with Crippen LogP contribution in [0, 0.1) is 0 Å². The molecule has 0 aromatic carbocycles. The summed E-state index contributed by atoms with van der Waals surface area (Å²) in [4.78, 5) is 28.7. The zero-order chi connectivity index (χ0) is 15.5. The third-order valence-electron chi connectivity index (χ3n) is 4.44. The Bertz CT molecular complexity index is 588. The van der Waals surface area contributed by atoms with Crippen LogP contribution in [-0.2, 0) is 4.79 Å². The lowest BCUT2D eigenvalue weighted by Gasteiger charge is -2.29. The molecule has 7 heteroatoms. The van der Waals surface area contributed by atoms with Gasteiger partial charge in [-0.05, 0) is 19.8 Å². The molecule has 2 saturated heterocycles. The van der Waals surface area contributed by atoms with E-state index >= 15 is 0 Å². The van der Waals surface area contributed by atoms with E-state index in [2.05, 4.69) is 15.3 Å². The number of hydrogen-bond donors (Lipinski definition) is 1. The summed E-state index contributed by atoms with van der Waals surface area (Å²) < 4.78 is 1.30. The van der Waals surface area contributed by atoms with Crippen molar-refractivity contribution in [1.29, 1.82) is 0 Å². The average molecular weight is 305 g/mol. The third-order valence-corrected chi connectivity index (χ3v) is 4.44. The Labute approximate surface area is 129 Å². The molecule has 7 nitrogen and oxygen atoms in total. The van der Waals surface area contributed by atoms with Crippen LogP contribution in [0.1, 0.15) is 25.8 Å². The molecular formula is C15H23N5O2. The van der Waals surface area contributed by atoms with Crippen LogP contribution >= 0.6 is 0 Å². The fraction of sp³-hybridized carbons (Fsp3) is 0.667. The van der Waals surface area contributed by atoms with Gasteiger partial charge in [-0.1, -0.05) is 0 Å². The van der Waals surface area contributed by atoms with Crippen molar-refractivity contribution in [3.63, 3.8) is 0 Å². The number of carbonyl (C=O) groups is 1. The molecule has 1 atom stereocenters. The summed E-state index contributed by atoms with van der Waals surface area (Å²) in [6.07, 6.45) is 3.78. The van der Waals surface area contributed by atoms with Crippen LogP contribution in [0.2, 0.25) is 0 Å². The second-order valence-corrected chi connectivity index (χ2v) is 5.94. The summed E-state index contributed by atoms with van der Waals surface area (Å²) in [6, 6.07) is 1.05. The summed E-state index contributed by atoms with van der Waals surface area (Å²) in [5.74, 6) is -0.0120. The van der Waals surface area contributed by atoms with E-state index in [0.717, 1.165) is 57.8 Å². The van der Waals surface area contributed by atoms with Crippen LogP contribution in [0.3, 0.4) is 0 Å². The van der Waals surface area contributed by atoms with Crippen molar-refractivity contribution in [3.8, 4) is 0 Å². The smallest absolute Gasteiger partial charge is 0.269 e. The van der Waals surface area contributed by atoms with Crippen LogP contribution in [0.4, 0.5) is 5.69 Å². The third kappa shape index (κ3) is 2.99. The predicted octanol–water partition coefficient (Wildman–Crippen LogP) is -0.164. The van der Waals surface area contributed by atoms with Crippen LogP contribution < -0.4 is 15.8 Å². The number of aromatic nitrogens is 2. The van der Waals surface area contributed by atoms with E-state index in [1.807, 2.05) is 4.90 Å². The van der Waals surface area contributed by atoms with E-state index in [-0.39, 0.29) is 11.5 Å². The maximum atomic E-state index is 12.4. The molecule has 0 bridgehead atoms. The number of amides is 1. The van der Waals surface area contributed by atoms with Gasteiger partial charge in [-0.25, -0.2) is 4.68 Å². The Balaban J connectivity index is 1.76.